The van der Waals surface area contributed by atoms with Crippen LogP contribution in [0.3, 0.4) is 0 Å². The Morgan fingerprint density at radius 3 is 2.55 bits per heavy atom. The Balaban J connectivity index is 2.37. The third-order valence-corrected chi connectivity index (χ3v) is 7.32. The van der Waals surface area contributed by atoms with E-state index in [9.17, 15) is 8.42 Å². The SMILES string of the molecule is CC(C)N(Cc1cccs1)S(=O)(=O)c1ccsc1CCl. The molecule has 0 fully saturated rings. The van der Waals surface area contributed by atoms with E-state index in [1.54, 1.807) is 22.8 Å². The van der Waals surface area contributed by atoms with Crippen LogP contribution >= 0.6 is 34.3 Å². The summed E-state index contributed by atoms with van der Waals surface area (Å²) in [5, 5.41) is 3.73. The summed E-state index contributed by atoms with van der Waals surface area (Å²) in [6.07, 6.45) is 0. The topological polar surface area (TPSA) is 37.4 Å². The third-order valence-electron chi connectivity index (χ3n) is 2.88. The van der Waals surface area contributed by atoms with Crippen LogP contribution in [-0.2, 0) is 22.4 Å². The molecular formula is C13H16ClNO2S3. The Kier molecular flexibility index (Phi) is 5.25. The quantitative estimate of drug-likeness (QED) is 0.735. The van der Waals surface area contributed by atoms with Crippen molar-refractivity contribution < 1.29 is 8.42 Å². The molecule has 0 atom stereocenters. The van der Waals surface area contributed by atoms with Crippen molar-refractivity contribution in [3.05, 3.63) is 38.7 Å². The molecule has 110 valence electrons. The summed E-state index contributed by atoms with van der Waals surface area (Å²) in [6.45, 7) is 4.17. The highest BCUT2D eigenvalue weighted by atomic mass is 35.5. The van der Waals surface area contributed by atoms with Crippen molar-refractivity contribution in [2.75, 3.05) is 0 Å². The number of hydrogen-bond donors (Lipinski definition) is 0. The predicted octanol–water partition coefficient (Wildman–Crippen LogP) is 4.15. The third kappa shape index (κ3) is 3.26. The van der Waals surface area contributed by atoms with Crippen LogP contribution in [0, 0.1) is 0 Å². The molecule has 0 saturated heterocycles. The number of halogens is 1. The van der Waals surface area contributed by atoms with Crippen molar-refractivity contribution in [1.29, 1.82) is 0 Å². The van der Waals surface area contributed by atoms with Crippen molar-refractivity contribution in [1.82, 2.24) is 4.31 Å². The van der Waals surface area contributed by atoms with Gasteiger partial charge in [0.25, 0.3) is 0 Å². The van der Waals surface area contributed by atoms with E-state index in [4.69, 9.17) is 11.6 Å². The second-order valence-electron chi connectivity index (χ2n) is 4.57. The second-order valence-corrected chi connectivity index (χ2v) is 8.72. The Morgan fingerprint density at radius 2 is 2.00 bits per heavy atom. The van der Waals surface area contributed by atoms with E-state index in [2.05, 4.69) is 0 Å². The van der Waals surface area contributed by atoms with E-state index in [0.717, 1.165) is 4.88 Å². The fourth-order valence-electron chi connectivity index (χ4n) is 1.88. The van der Waals surface area contributed by atoms with Crippen molar-refractivity contribution in [3.63, 3.8) is 0 Å². The molecule has 0 spiro atoms. The van der Waals surface area contributed by atoms with Gasteiger partial charge in [-0.1, -0.05) is 6.07 Å². The van der Waals surface area contributed by atoms with Crippen LogP contribution in [0.2, 0.25) is 0 Å². The van der Waals surface area contributed by atoms with E-state index in [1.807, 2.05) is 31.4 Å². The van der Waals surface area contributed by atoms with Crippen LogP contribution in [0.4, 0.5) is 0 Å². The van der Waals surface area contributed by atoms with E-state index in [1.165, 1.54) is 15.6 Å². The standard InChI is InChI=1S/C13H16ClNO2S3/c1-10(2)15(9-11-4-3-6-18-11)20(16,17)13-5-7-19-12(13)8-14/h3-7,10H,8-9H2,1-2H3. The first-order valence-corrected chi connectivity index (χ1v) is 9.86. The Labute approximate surface area is 132 Å². The maximum atomic E-state index is 12.8. The van der Waals surface area contributed by atoms with Crippen LogP contribution < -0.4 is 0 Å². The molecule has 2 rings (SSSR count). The summed E-state index contributed by atoms with van der Waals surface area (Å²) in [6, 6.07) is 5.41. The highest BCUT2D eigenvalue weighted by molar-refractivity contribution is 7.89. The molecule has 0 saturated carbocycles. The summed E-state index contributed by atoms with van der Waals surface area (Å²) in [5.74, 6) is 0.219. The first-order valence-electron chi connectivity index (χ1n) is 6.13. The maximum Gasteiger partial charge on any atom is 0.244 e. The lowest BCUT2D eigenvalue weighted by atomic mass is 10.4. The van der Waals surface area contributed by atoms with Gasteiger partial charge in [0.2, 0.25) is 10.0 Å². The molecule has 3 nitrogen and oxygen atoms in total. The summed E-state index contributed by atoms with van der Waals surface area (Å²) in [7, 11) is -3.51. The zero-order valence-corrected chi connectivity index (χ0v) is 14.5. The largest absolute Gasteiger partial charge is 0.244 e. The van der Waals surface area contributed by atoms with Crippen LogP contribution in [0.1, 0.15) is 23.6 Å². The van der Waals surface area contributed by atoms with E-state index < -0.39 is 10.0 Å². The van der Waals surface area contributed by atoms with Crippen molar-refractivity contribution in [3.8, 4) is 0 Å². The van der Waals surface area contributed by atoms with Gasteiger partial charge in [0.05, 0.1) is 10.8 Å². The number of thiophene rings is 2. The van der Waals surface area contributed by atoms with E-state index >= 15 is 0 Å². The van der Waals surface area contributed by atoms with Crippen LogP contribution in [-0.4, -0.2) is 18.8 Å². The molecule has 0 bridgehead atoms. The molecule has 2 aromatic rings. The van der Waals surface area contributed by atoms with Crippen molar-refractivity contribution in [2.24, 2.45) is 0 Å². The molecule has 2 heterocycles. The minimum atomic E-state index is -3.51. The average molecular weight is 350 g/mol. The van der Waals surface area contributed by atoms with Gasteiger partial charge in [-0.2, -0.15) is 4.31 Å². The molecule has 0 aromatic carbocycles. The molecule has 0 radical (unpaired) electrons. The molecule has 0 N–H and O–H groups in total. The number of rotatable bonds is 6. The average Bonchev–Trinajstić information content (AvgIpc) is 3.06. The minimum Gasteiger partial charge on any atom is -0.207 e. The van der Waals surface area contributed by atoms with Gasteiger partial charge in [-0.3, -0.25) is 0 Å². The summed E-state index contributed by atoms with van der Waals surface area (Å²) >= 11 is 8.78. The fraction of sp³-hybridized carbons (Fsp3) is 0.385. The maximum absolute atomic E-state index is 12.8. The Hall–Kier alpha value is -0.400. The van der Waals surface area contributed by atoms with Gasteiger partial charge in [0.1, 0.15) is 0 Å². The molecular weight excluding hydrogens is 334 g/mol. The van der Waals surface area contributed by atoms with Crippen LogP contribution in [0.15, 0.2) is 33.9 Å². The summed E-state index contributed by atoms with van der Waals surface area (Å²) < 4.78 is 27.2. The van der Waals surface area contributed by atoms with Gasteiger partial charge < -0.3 is 0 Å². The first kappa shape index (κ1) is 16.0. The normalized spacial score (nSPS) is 12.4. The molecule has 0 unspecified atom stereocenters. The van der Waals surface area contributed by atoms with E-state index in [0.29, 0.717) is 16.3 Å². The zero-order chi connectivity index (χ0) is 14.8. The number of alkyl halides is 1. The number of sulfonamides is 1. The van der Waals surface area contributed by atoms with Gasteiger partial charge >= 0.3 is 0 Å². The lowest BCUT2D eigenvalue weighted by Crippen LogP contribution is -2.36. The highest BCUT2D eigenvalue weighted by Gasteiger charge is 2.29. The lowest BCUT2D eigenvalue weighted by Gasteiger charge is -2.25. The summed E-state index contributed by atoms with van der Waals surface area (Å²) in [4.78, 5) is 2.07. The molecule has 0 amide bonds. The highest BCUT2D eigenvalue weighted by Crippen LogP contribution is 2.29. The summed E-state index contributed by atoms with van der Waals surface area (Å²) in [5.41, 5.74) is 0. The zero-order valence-electron chi connectivity index (χ0n) is 11.2. The fourth-order valence-corrected chi connectivity index (χ4v) is 5.96. The Bertz CT molecular complexity index is 647. The lowest BCUT2D eigenvalue weighted by molar-refractivity contribution is 0.350. The second kappa shape index (κ2) is 6.58. The van der Waals surface area contributed by atoms with Crippen molar-refractivity contribution in [2.45, 2.75) is 37.2 Å². The molecule has 0 aliphatic rings. The molecule has 7 heteroatoms. The number of nitrogens with zero attached hydrogens (tertiary/aromatic N) is 1. The molecule has 0 aliphatic heterocycles. The Morgan fingerprint density at radius 1 is 1.25 bits per heavy atom. The van der Waals surface area contributed by atoms with Gasteiger partial charge in [0.15, 0.2) is 0 Å². The van der Waals surface area contributed by atoms with Gasteiger partial charge in [-0.25, -0.2) is 8.42 Å². The predicted molar refractivity (Wildman–Crippen MR) is 86.1 cm³/mol. The molecule has 2 aromatic heterocycles. The van der Waals surface area contributed by atoms with Gasteiger partial charge in [-0.05, 0) is 36.7 Å². The van der Waals surface area contributed by atoms with Crippen molar-refractivity contribution >= 4 is 44.3 Å². The van der Waals surface area contributed by atoms with Gasteiger partial charge in [0, 0.05) is 22.3 Å². The van der Waals surface area contributed by atoms with Gasteiger partial charge in [-0.15, -0.1) is 34.3 Å². The number of hydrogen-bond acceptors (Lipinski definition) is 4. The monoisotopic (exact) mass is 349 g/mol. The minimum absolute atomic E-state index is 0.106. The first-order chi connectivity index (χ1) is 9.46. The smallest absolute Gasteiger partial charge is 0.207 e. The molecule has 0 aliphatic carbocycles. The molecule has 20 heavy (non-hydrogen) atoms. The van der Waals surface area contributed by atoms with Crippen LogP contribution in [0.5, 0.6) is 0 Å². The van der Waals surface area contributed by atoms with Crippen LogP contribution in [0.25, 0.3) is 0 Å². The van der Waals surface area contributed by atoms with E-state index in [-0.39, 0.29) is 11.9 Å².